The van der Waals surface area contributed by atoms with Gasteiger partial charge in [0.2, 0.25) is 0 Å². The number of benzene rings is 1. The summed E-state index contributed by atoms with van der Waals surface area (Å²) in [6, 6.07) is 10.1. The Morgan fingerprint density at radius 2 is 2.17 bits per heavy atom. The van der Waals surface area contributed by atoms with Crippen LogP contribution in [-0.4, -0.2) is 27.9 Å². The van der Waals surface area contributed by atoms with Crippen LogP contribution in [-0.2, 0) is 17.9 Å². The zero-order valence-electron chi connectivity index (χ0n) is 9.91. The highest BCUT2D eigenvalue weighted by Crippen LogP contribution is 2.11. The van der Waals surface area contributed by atoms with Gasteiger partial charge < -0.3 is 9.72 Å². The van der Waals surface area contributed by atoms with E-state index in [4.69, 9.17) is 4.74 Å². The molecule has 1 N–H and O–H groups in total. The molecule has 0 saturated heterocycles. The van der Waals surface area contributed by atoms with Crippen molar-refractivity contribution in [3.05, 3.63) is 53.6 Å². The molecule has 0 bridgehead atoms. The molecule has 0 radical (unpaired) electrons. The molecule has 1 aliphatic heterocycles. The molecule has 0 fully saturated rings. The molecule has 0 atom stereocenters. The van der Waals surface area contributed by atoms with Crippen molar-refractivity contribution in [1.29, 1.82) is 0 Å². The number of H-pyrrole nitrogens is 1. The van der Waals surface area contributed by atoms with Crippen molar-refractivity contribution in [3.8, 4) is 0 Å². The third-order valence-corrected chi connectivity index (χ3v) is 2.79. The van der Waals surface area contributed by atoms with E-state index in [1.54, 1.807) is 12.5 Å². The Hall–Kier alpha value is -2.14. The first-order valence-corrected chi connectivity index (χ1v) is 5.84. The van der Waals surface area contributed by atoms with E-state index in [2.05, 4.69) is 15.1 Å². The fourth-order valence-corrected chi connectivity index (χ4v) is 1.85. The molecule has 1 aliphatic rings. The Morgan fingerprint density at radius 3 is 3.06 bits per heavy atom. The number of hydrogen-bond donors (Lipinski definition) is 1. The van der Waals surface area contributed by atoms with E-state index < -0.39 is 0 Å². The van der Waals surface area contributed by atoms with Gasteiger partial charge in [0.25, 0.3) is 0 Å². The van der Waals surface area contributed by atoms with Crippen molar-refractivity contribution in [2.45, 2.75) is 13.2 Å². The molecule has 1 aromatic carbocycles. The molecule has 5 heteroatoms. The van der Waals surface area contributed by atoms with Gasteiger partial charge in [0.15, 0.2) is 0 Å². The van der Waals surface area contributed by atoms with Crippen LogP contribution in [0, 0.1) is 0 Å². The first kappa shape index (κ1) is 11.0. The van der Waals surface area contributed by atoms with Crippen molar-refractivity contribution in [1.82, 2.24) is 15.0 Å². The Kier molecular flexibility index (Phi) is 3.06. The van der Waals surface area contributed by atoms with Gasteiger partial charge in [-0.15, -0.1) is 0 Å². The standard InChI is InChI=1S/C13H14N4O/c1-2-4-11(5-3-1)8-18-10-17-7-13-12(6-16-17)14-9-15-13/h1-6,9H,7-8,10H2,(H,14,15). The maximum absolute atomic E-state index is 5.62. The number of aromatic nitrogens is 2. The highest BCUT2D eigenvalue weighted by Gasteiger charge is 2.13. The Bertz CT molecular complexity index is 535. The van der Waals surface area contributed by atoms with Gasteiger partial charge >= 0.3 is 0 Å². The number of rotatable bonds is 4. The Morgan fingerprint density at radius 1 is 1.28 bits per heavy atom. The second-order valence-electron chi connectivity index (χ2n) is 4.14. The fourth-order valence-electron chi connectivity index (χ4n) is 1.85. The van der Waals surface area contributed by atoms with Crippen LogP contribution in [0.3, 0.4) is 0 Å². The maximum atomic E-state index is 5.62. The number of hydrazone groups is 1. The van der Waals surface area contributed by atoms with E-state index in [0.717, 1.165) is 11.4 Å². The summed E-state index contributed by atoms with van der Waals surface area (Å²) in [4.78, 5) is 7.26. The highest BCUT2D eigenvalue weighted by atomic mass is 16.5. The zero-order valence-corrected chi connectivity index (χ0v) is 9.91. The van der Waals surface area contributed by atoms with Crippen molar-refractivity contribution in [2.24, 2.45) is 5.10 Å². The van der Waals surface area contributed by atoms with Crippen LogP contribution >= 0.6 is 0 Å². The topological polar surface area (TPSA) is 53.5 Å². The van der Waals surface area contributed by atoms with Crippen molar-refractivity contribution in [2.75, 3.05) is 6.73 Å². The van der Waals surface area contributed by atoms with E-state index >= 15 is 0 Å². The number of hydrogen-bond acceptors (Lipinski definition) is 4. The lowest BCUT2D eigenvalue weighted by atomic mass is 10.2. The van der Waals surface area contributed by atoms with Crippen LogP contribution < -0.4 is 0 Å². The van der Waals surface area contributed by atoms with Gasteiger partial charge in [-0.1, -0.05) is 30.3 Å². The molecular weight excluding hydrogens is 228 g/mol. The molecule has 2 heterocycles. The van der Waals surface area contributed by atoms with E-state index in [-0.39, 0.29) is 0 Å². The van der Waals surface area contributed by atoms with Crippen LogP contribution in [0.2, 0.25) is 0 Å². The fraction of sp³-hybridized carbons (Fsp3) is 0.231. The monoisotopic (exact) mass is 242 g/mol. The molecule has 0 aliphatic carbocycles. The molecule has 0 saturated carbocycles. The van der Waals surface area contributed by atoms with Crippen molar-refractivity contribution < 1.29 is 4.74 Å². The molecule has 92 valence electrons. The first-order valence-electron chi connectivity index (χ1n) is 5.84. The van der Waals surface area contributed by atoms with Gasteiger partial charge in [0.1, 0.15) is 6.73 Å². The lowest BCUT2D eigenvalue weighted by Crippen LogP contribution is -2.24. The average Bonchev–Trinajstić information content (AvgIpc) is 2.87. The van der Waals surface area contributed by atoms with Crippen LogP contribution in [0.25, 0.3) is 0 Å². The van der Waals surface area contributed by atoms with Crippen molar-refractivity contribution >= 4 is 6.21 Å². The molecule has 0 spiro atoms. The second-order valence-corrected chi connectivity index (χ2v) is 4.14. The molecule has 0 unspecified atom stereocenters. The summed E-state index contributed by atoms with van der Waals surface area (Å²) in [6.07, 6.45) is 3.46. The number of imidazole rings is 1. The van der Waals surface area contributed by atoms with Crippen LogP contribution in [0.1, 0.15) is 17.0 Å². The van der Waals surface area contributed by atoms with Gasteiger partial charge in [-0.3, -0.25) is 5.01 Å². The first-order chi connectivity index (χ1) is 8.92. The van der Waals surface area contributed by atoms with Gasteiger partial charge in [-0.25, -0.2) is 4.98 Å². The van der Waals surface area contributed by atoms with Gasteiger partial charge in [0.05, 0.1) is 37.1 Å². The summed E-state index contributed by atoms with van der Waals surface area (Å²) >= 11 is 0. The normalized spacial score (nSPS) is 13.7. The summed E-state index contributed by atoms with van der Waals surface area (Å²) in [6.45, 7) is 1.75. The van der Waals surface area contributed by atoms with Gasteiger partial charge in [-0.2, -0.15) is 5.10 Å². The smallest absolute Gasteiger partial charge is 0.135 e. The van der Waals surface area contributed by atoms with E-state index in [1.165, 1.54) is 5.56 Å². The van der Waals surface area contributed by atoms with Crippen LogP contribution in [0.5, 0.6) is 0 Å². The highest BCUT2D eigenvalue weighted by molar-refractivity contribution is 5.78. The summed E-state index contributed by atoms with van der Waals surface area (Å²) < 4.78 is 5.62. The molecule has 0 amide bonds. The molecule has 3 rings (SSSR count). The van der Waals surface area contributed by atoms with Crippen LogP contribution in [0.4, 0.5) is 0 Å². The SMILES string of the molecule is C1=NN(COCc2ccccc2)Cc2nc[nH]c21. The lowest BCUT2D eigenvalue weighted by Gasteiger charge is -2.21. The summed E-state index contributed by atoms with van der Waals surface area (Å²) in [5.41, 5.74) is 3.15. The van der Waals surface area contributed by atoms with Crippen LogP contribution in [0.15, 0.2) is 41.8 Å². The minimum atomic E-state index is 0.470. The number of ether oxygens (including phenoxy) is 1. The number of fused-ring (bicyclic) bond motifs is 1. The summed E-state index contributed by atoms with van der Waals surface area (Å²) in [5.74, 6) is 0. The van der Waals surface area contributed by atoms with Gasteiger partial charge in [-0.05, 0) is 5.56 Å². The molecule has 1 aromatic heterocycles. The van der Waals surface area contributed by atoms with E-state index in [9.17, 15) is 0 Å². The minimum absolute atomic E-state index is 0.470. The molecule has 18 heavy (non-hydrogen) atoms. The zero-order chi connectivity index (χ0) is 12.2. The predicted octanol–water partition coefficient (Wildman–Crippen LogP) is 1.73. The number of nitrogens with zero attached hydrogens (tertiary/aromatic N) is 3. The molecular formula is C13H14N4O. The predicted molar refractivity (Wildman–Crippen MR) is 67.8 cm³/mol. The summed E-state index contributed by atoms with van der Waals surface area (Å²) in [5, 5.41) is 6.14. The second kappa shape index (κ2) is 5.01. The average molecular weight is 242 g/mol. The quantitative estimate of drug-likeness (QED) is 0.888. The maximum Gasteiger partial charge on any atom is 0.135 e. The van der Waals surface area contributed by atoms with E-state index in [1.807, 2.05) is 35.3 Å². The third-order valence-electron chi connectivity index (χ3n) is 2.79. The Labute approximate surface area is 105 Å². The van der Waals surface area contributed by atoms with Gasteiger partial charge in [0, 0.05) is 0 Å². The lowest BCUT2D eigenvalue weighted by molar-refractivity contribution is 0.0144. The summed E-state index contributed by atoms with van der Waals surface area (Å²) in [7, 11) is 0. The minimum Gasteiger partial charge on any atom is -0.355 e. The molecule has 2 aromatic rings. The number of nitrogens with one attached hydrogen (secondary N) is 1. The van der Waals surface area contributed by atoms with Crippen molar-refractivity contribution in [3.63, 3.8) is 0 Å². The Balaban J connectivity index is 1.50. The van der Waals surface area contributed by atoms with E-state index in [0.29, 0.717) is 19.9 Å². The third kappa shape index (κ3) is 2.41. The molecule has 5 nitrogen and oxygen atoms in total. The number of aromatic amines is 1. The largest absolute Gasteiger partial charge is 0.355 e.